The first-order chi connectivity index (χ1) is 11.4. The zero-order chi connectivity index (χ0) is 17.4. The molecule has 1 aromatic rings. The Balaban J connectivity index is 1.59. The lowest BCUT2D eigenvalue weighted by molar-refractivity contribution is -0.147. The summed E-state index contributed by atoms with van der Waals surface area (Å²) in [6, 6.07) is 7.80. The van der Waals surface area contributed by atoms with Gasteiger partial charge in [0, 0.05) is 25.0 Å². The van der Waals surface area contributed by atoms with Crippen LogP contribution in [0.1, 0.15) is 31.7 Å². The molecule has 6 heteroatoms. The van der Waals surface area contributed by atoms with Gasteiger partial charge in [-0.3, -0.25) is 4.79 Å². The Bertz CT molecular complexity index is 656. The molecule has 1 atom stereocenters. The molecule has 0 spiro atoms. The Kier molecular flexibility index (Phi) is 4.15. The highest BCUT2D eigenvalue weighted by Crippen LogP contribution is 2.48. The highest BCUT2D eigenvalue weighted by molar-refractivity contribution is 5.79. The Morgan fingerprint density at radius 3 is 2.67 bits per heavy atom. The predicted molar refractivity (Wildman–Crippen MR) is 89.2 cm³/mol. The molecule has 2 fully saturated rings. The van der Waals surface area contributed by atoms with Crippen molar-refractivity contribution in [3.8, 4) is 5.75 Å². The number of benzene rings is 1. The molecule has 1 aromatic carbocycles. The monoisotopic (exact) mass is 332 g/mol. The van der Waals surface area contributed by atoms with Gasteiger partial charge in [0.25, 0.3) is 0 Å². The number of ether oxygens (including phenoxy) is 1. The van der Waals surface area contributed by atoms with Crippen LogP contribution >= 0.6 is 0 Å². The quantitative estimate of drug-likeness (QED) is 0.867. The van der Waals surface area contributed by atoms with E-state index in [9.17, 15) is 14.7 Å². The maximum absolute atomic E-state index is 12.4. The highest BCUT2D eigenvalue weighted by Gasteiger charge is 2.46. The van der Waals surface area contributed by atoms with E-state index in [1.54, 1.807) is 18.9 Å². The second-order valence-electron chi connectivity index (χ2n) is 7.21. The van der Waals surface area contributed by atoms with Gasteiger partial charge in [-0.1, -0.05) is 12.1 Å². The van der Waals surface area contributed by atoms with E-state index in [-0.39, 0.29) is 18.0 Å². The van der Waals surface area contributed by atoms with Crippen molar-refractivity contribution in [2.24, 2.45) is 5.41 Å². The number of amides is 2. The van der Waals surface area contributed by atoms with Gasteiger partial charge < -0.3 is 20.1 Å². The molecule has 1 saturated carbocycles. The number of nitrogens with one attached hydrogen (secondary N) is 1. The molecule has 2 amide bonds. The van der Waals surface area contributed by atoms with Crippen LogP contribution in [0.5, 0.6) is 5.75 Å². The van der Waals surface area contributed by atoms with Gasteiger partial charge >= 0.3 is 12.0 Å². The maximum atomic E-state index is 12.4. The summed E-state index contributed by atoms with van der Waals surface area (Å²) in [4.78, 5) is 25.3. The van der Waals surface area contributed by atoms with Gasteiger partial charge in [0.2, 0.25) is 0 Å². The molecule has 2 N–H and O–H groups in total. The van der Waals surface area contributed by atoms with E-state index in [0.717, 1.165) is 18.6 Å². The first-order valence-electron chi connectivity index (χ1n) is 8.29. The van der Waals surface area contributed by atoms with E-state index in [1.807, 2.05) is 18.2 Å². The number of carboxylic acids is 1. The fraction of sp³-hybridized carbons (Fsp3) is 0.556. The fourth-order valence-corrected chi connectivity index (χ4v) is 3.34. The average molecular weight is 332 g/mol. The van der Waals surface area contributed by atoms with E-state index < -0.39 is 11.4 Å². The lowest BCUT2D eigenvalue weighted by Crippen LogP contribution is -2.43. The first kappa shape index (κ1) is 16.6. The standard InChI is InChI=1S/C18H24N2O4/c1-17(15(21)22)8-9-20(12-17)16(23)19-11-18(6-7-18)13-4-3-5-14(10-13)24-2/h3-5,10H,6-9,11-12H2,1-2H3,(H,19,23)(H,21,22). The summed E-state index contributed by atoms with van der Waals surface area (Å²) in [7, 11) is 1.65. The third-order valence-electron chi connectivity index (χ3n) is 5.39. The van der Waals surface area contributed by atoms with E-state index >= 15 is 0 Å². The average Bonchev–Trinajstić information content (AvgIpc) is 3.27. The van der Waals surface area contributed by atoms with Gasteiger partial charge in [-0.25, -0.2) is 4.79 Å². The molecule has 1 aliphatic heterocycles. The number of rotatable bonds is 5. The van der Waals surface area contributed by atoms with Gasteiger partial charge in [-0.05, 0) is 43.9 Å². The van der Waals surface area contributed by atoms with Gasteiger partial charge in [0.05, 0.1) is 12.5 Å². The van der Waals surface area contributed by atoms with Crippen LogP contribution < -0.4 is 10.1 Å². The lowest BCUT2D eigenvalue weighted by atomic mass is 9.90. The number of hydrogen-bond acceptors (Lipinski definition) is 3. The van der Waals surface area contributed by atoms with Crippen molar-refractivity contribution in [2.75, 3.05) is 26.7 Å². The van der Waals surface area contributed by atoms with Crippen molar-refractivity contribution in [1.82, 2.24) is 10.2 Å². The normalized spacial score (nSPS) is 24.5. The summed E-state index contributed by atoms with van der Waals surface area (Å²) in [6.45, 7) is 3.02. The molecule has 130 valence electrons. The van der Waals surface area contributed by atoms with Gasteiger partial charge in [-0.2, -0.15) is 0 Å². The number of nitrogens with zero attached hydrogens (tertiary/aromatic N) is 1. The first-order valence-corrected chi connectivity index (χ1v) is 8.29. The number of likely N-dealkylation sites (tertiary alicyclic amines) is 1. The second-order valence-corrected chi connectivity index (χ2v) is 7.21. The minimum atomic E-state index is -0.840. The summed E-state index contributed by atoms with van der Waals surface area (Å²) in [5.41, 5.74) is 0.334. The van der Waals surface area contributed by atoms with Crippen LogP contribution in [0.4, 0.5) is 4.79 Å². The number of carboxylic acid groups (broad SMARTS) is 1. The number of carbonyl (C=O) groups is 2. The van der Waals surface area contributed by atoms with Crippen molar-refractivity contribution in [3.63, 3.8) is 0 Å². The van der Waals surface area contributed by atoms with Crippen molar-refractivity contribution in [3.05, 3.63) is 29.8 Å². The zero-order valence-electron chi connectivity index (χ0n) is 14.2. The minimum Gasteiger partial charge on any atom is -0.497 e. The molecular weight excluding hydrogens is 308 g/mol. The molecule has 0 radical (unpaired) electrons. The SMILES string of the molecule is COc1cccc(C2(CNC(=O)N3CCC(C)(C(=O)O)C3)CC2)c1. The largest absolute Gasteiger partial charge is 0.497 e. The summed E-state index contributed by atoms with van der Waals surface area (Å²) in [5.74, 6) is -0.0188. The molecule has 2 aliphatic rings. The zero-order valence-corrected chi connectivity index (χ0v) is 14.2. The molecule has 1 heterocycles. The van der Waals surface area contributed by atoms with Crippen LogP contribution in [0.3, 0.4) is 0 Å². The number of carbonyl (C=O) groups excluding carboxylic acids is 1. The molecule has 0 bridgehead atoms. The van der Waals surface area contributed by atoms with E-state index in [2.05, 4.69) is 11.4 Å². The van der Waals surface area contributed by atoms with Crippen LogP contribution in [0, 0.1) is 5.41 Å². The van der Waals surface area contributed by atoms with Gasteiger partial charge in [0.15, 0.2) is 0 Å². The smallest absolute Gasteiger partial charge is 0.317 e. The van der Waals surface area contributed by atoms with Crippen LogP contribution in [0.25, 0.3) is 0 Å². The van der Waals surface area contributed by atoms with Crippen LogP contribution in [0.15, 0.2) is 24.3 Å². The lowest BCUT2D eigenvalue weighted by Gasteiger charge is -2.23. The summed E-state index contributed by atoms with van der Waals surface area (Å²) >= 11 is 0. The molecule has 6 nitrogen and oxygen atoms in total. The van der Waals surface area contributed by atoms with Crippen molar-refractivity contribution in [2.45, 2.75) is 31.6 Å². The molecule has 24 heavy (non-hydrogen) atoms. The fourth-order valence-electron chi connectivity index (χ4n) is 3.34. The minimum absolute atomic E-state index is 0.0139. The Hall–Kier alpha value is -2.24. The molecule has 3 rings (SSSR count). The van der Waals surface area contributed by atoms with Crippen LogP contribution in [0.2, 0.25) is 0 Å². The molecular formula is C18H24N2O4. The van der Waals surface area contributed by atoms with E-state index in [4.69, 9.17) is 4.74 Å². The van der Waals surface area contributed by atoms with Crippen LogP contribution in [-0.2, 0) is 10.2 Å². The number of urea groups is 1. The molecule has 0 aromatic heterocycles. The molecule has 1 aliphatic carbocycles. The number of hydrogen-bond donors (Lipinski definition) is 2. The third kappa shape index (κ3) is 3.05. The Morgan fingerprint density at radius 1 is 1.33 bits per heavy atom. The summed E-state index contributed by atoms with van der Waals surface area (Å²) in [5, 5.41) is 12.3. The Morgan fingerprint density at radius 2 is 2.08 bits per heavy atom. The van der Waals surface area contributed by atoms with Crippen molar-refractivity contribution in [1.29, 1.82) is 0 Å². The highest BCUT2D eigenvalue weighted by atomic mass is 16.5. The van der Waals surface area contributed by atoms with E-state index in [1.165, 1.54) is 5.56 Å². The van der Waals surface area contributed by atoms with Crippen molar-refractivity contribution < 1.29 is 19.4 Å². The van der Waals surface area contributed by atoms with Crippen LogP contribution in [-0.4, -0.2) is 48.8 Å². The number of aliphatic carboxylic acids is 1. The number of methoxy groups -OCH3 is 1. The van der Waals surface area contributed by atoms with Gasteiger partial charge in [-0.15, -0.1) is 0 Å². The van der Waals surface area contributed by atoms with E-state index in [0.29, 0.717) is 19.5 Å². The second kappa shape index (κ2) is 6.00. The summed E-state index contributed by atoms with van der Waals surface area (Å²) < 4.78 is 5.28. The Labute approximate surface area is 141 Å². The maximum Gasteiger partial charge on any atom is 0.317 e. The molecule has 1 saturated heterocycles. The molecule has 1 unspecified atom stereocenters. The van der Waals surface area contributed by atoms with Gasteiger partial charge in [0.1, 0.15) is 5.75 Å². The van der Waals surface area contributed by atoms with Crippen molar-refractivity contribution >= 4 is 12.0 Å². The topological polar surface area (TPSA) is 78.9 Å². The summed E-state index contributed by atoms with van der Waals surface area (Å²) in [6.07, 6.45) is 2.57. The predicted octanol–water partition coefficient (Wildman–Crippen LogP) is 2.23. The third-order valence-corrected chi connectivity index (χ3v) is 5.39.